The molecule has 0 atom stereocenters. The van der Waals surface area contributed by atoms with Crippen LogP contribution < -0.4 is 9.47 Å². The Morgan fingerprint density at radius 2 is 1.62 bits per heavy atom. The highest BCUT2D eigenvalue weighted by Crippen LogP contribution is 2.37. The van der Waals surface area contributed by atoms with Gasteiger partial charge in [-0.05, 0) is 65.4 Å². The van der Waals surface area contributed by atoms with Gasteiger partial charge in [-0.3, -0.25) is 9.59 Å². The average Bonchev–Trinajstić information content (AvgIpc) is 3.00. The van der Waals surface area contributed by atoms with Crippen LogP contribution in [-0.2, 0) is 6.61 Å². The van der Waals surface area contributed by atoms with Crippen LogP contribution in [0.3, 0.4) is 0 Å². The summed E-state index contributed by atoms with van der Waals surface area (Å²) < 4.78 is 12.6. The number of Topliss-reactive ketones (excluding diaryl/α,β-unsaturated/α-hetero) is 2. The molecule has 4 rings (SSSR count). The van der Waals surface area contributed by atoms with Crippen LogP contribution >= 0.6 is 45.8 Å². The molecule has 0 N–H and O–H groups in total. The van der Waals surface area contributed by atoms with Crippen molar-refractivity contribution < 1.29 is 19.1 Å². The Labute approximate surface area is 209 Å². The average molecular weight is 579 g/mol. The van der Waals surface area contributed by atoms with Gasteiger partial charge in [0.1, 0.15) is 6.61 Å². The molecule has 3 aromatic carbocycles. The molecule has 162 valence electrons. The van der Waals surface area contributed by atoms with Gasteiger partial charge in [-0.15, -0.1) is 0 Å². The lowest BCUT2D eigenvalue weighted by atomic mass is 10.1. The Morgan fingerprint density at radius 1 is 0.938 bits per heavy atom. The summed E-state index contributed by atoms with van der Waals surface area (Å²) >= 11 is 14.4. The van der Waals surface area contributed by atoms with E-state index < -0.39 is 0 Å². The molecule has 0 heterocycles. The van der Waals surface area contributed by atoms with Gasteiger partial charge in [-0.25, -0.2) is 0 Å². The molecule has 7 heteroatoms. The number of carbonyl (C=O) groups excluding carboxylic acids is 2. The second-order valence-electron chi connectivity index (χ2n) is 7.05. The second-order valence-corrected chi connectivity index (χ2v) is 9.06. The number of ether oxygens (including phenoxy) is 2. The molecule has 0 radical (unpaired) electrons. The Kier molecular flexibility index (Phi) is 6.88. The number of ketones is 2. The summed E-state index contributed by atoms with van der Waals surface area (Å²) in [5.41, 5.74) is 2.48. The van der Waals surface area contributed by atoms with Gasteiger partial charge < -0.3 is 9.47 Å². The van der Waals surface area contributed by atoms with Crippen LogP contribution in [0.4, 0.5) is 0 Å². The number of carbonyl (C=O) groups is 2. The Balaban J connectivity index is 1.65. The zero-order chi connectivity index (χ0) is 22.8. The van der Waals surface area contributed by atoms with Crippen molar-refractivity contribution in [1.82, 2.24) is 0 Å². The number of allylic oxidation sites excluding steroid dienone is 1. The molecule has 0 saturated carbocycles. The van der Waals surface area contributed by atoms with Crippen molar-refractivity contribution in [1.29, 1.82) is 0 Å². The van der Waals surface area contributed by atoms with E-state index in [2.05, 4.69) is 22.6 Å². The van der Waals surface area contributed by atoms with Gasteiger partial charge in [-0.1, -0.05) is 53.5 Å². The summed E-state index contributed by atoms with van der Waals surface area (Å²) in [6.07, 6.45) is 1.61. The first kappa shape index (κ1) is 22.8. The van der Waals surface area contributed by atoms with Crippen LogP contribution in [0, 0.1) is 3.57 Å². The Hall–Kier alpha value is -2.35. The third-order valence-electron chi connectivity index (χ3n) is 4.94. The highest BCUT2D eigenvalue weighted by molar-refractivity contribution is 14.1. The van der Waals surface area contributed by atoms with E-state index in [4.69, 9.17) is 32.7 Å². The molecule has 0 aliphatic heterocycles. The van der Waals surface area contributed by atoms with E-state index in [1.165, 1.54) is 0 Å². The van der Waals surface area contributed by atoms with E-state index in [9.17, 15) is 9.59 Å². The molecule has 4 nitrogen and oxygen atoms in total. The molecular weight excluding hydrogens is 562 g/mol. The smallest absolute Gasteiger partial charge is 0.197 e. The number of benzene rings is 3. The normalized spacial score (nSPS) is 12.7. The number of halogens is 3. The standard InChI is InChI=1S/C25H17Cl2IO4/c1-2-31-22-11-14(9-19-23(29)17-5-3-4-6-18(17)24(19)30)10-21(28)25(22)32-13-15-7-8-16(26)12-20(15)27/h3-12H,2,13H2,1H3. The maximum Gasteiger partial charge on any atom is 0.197 e. The molecule has 0 amide bonds. The molecule has 1 aliphatic carbocycles. The number of hydrogen-bond donors (Lipinski definition) is 0. The van der Waals surface area contributed by atoms with Crippen molar-refractivity contribution in [2.75, 3.05) is 6.61 Å². The Morgan fingerprint density at radius 3 is 2.25 bits per heavy atom. The predicted octanol–water partition coefficient (Wildman–Crippen LogP) is 7.04. The predicted molar refractivity (Wildman–Crippen MR) is 134 cm³/mol. The van der Waals surface area contributed by atoms with E-state index in [1.54, 1.807) is 48.5 Å². The van der Waals surface area contributed by atoms with Crippen molar-refractivity contribution in [3.8, 4) is 11.5 Å². The van der Waals surface area contributed by atoms with Crippen molar-refractivity contribution in [3.05, 3.63) is 96.0 Å². The second kappa shape index (κ2) is 9.65. The first-order valence-electron chi connectivity index (χ1n) is 9.82. The molecule has 0 saturated heterocycles. The first-order chi connectivity index (χ1) is 15.4. The van der Waals surface area contributed by atoms with Crippen molar-refractivity contribution in [2.24, 2.45) is 0 Å². The fraction of sp³-hybridized carbons (Fsp3) is 0.120. The molecule has 1 aliphatic rings. The summed E-state index contributed by atoms with van der Waals surface area (Å²) in [6.45, 7) is 2.54. The van der Waals surface area contributed by atoms with Crippen LogP contribution in [0.5, 0.6) is 11.5 Å². The fourth-order valence-corrected chi connectivity index (χ4v) is 4.68. The topological polar surface area (TPSA) is 52.6 Å². The molecular formula is C25H17Cl2IO4. The molecule has 0 spiro atoms. The van der Waals surface area contributed by atoms with Crippen LogP contribution in [-0.4, -0.2) is 18.2 Å². The lowest BCUT2D eigenvalue weighted by Gasteiger charge is -2.15. The van der Waals surface area contributed by atoms with Crippen LogP contribution in [0.2, 0.25) is 10.0 Å². The quantitative estimate of drug-likeness (QED) is 0.179. The maximum atomic E-state index is 12.7. The molecule has 32 heavy (non-hydrogen) atoms. The van der Waals surface area contributed by atoms with Gasteiger partial charge in [0.2, 0.25) is 0 Å². The van der Waals surface area contributed by atoms with E-state index in [1.807, 2.05) is 19.1 Å². The SMILES string of the molecule is CCOc1cc(C=C2C(=O)c3ccccc3C2=O)cc(I)c1OCc1ccc(Cl)cc1Cl. The lowest BCUT2D eigenvalue weighted by Crippen LogP contribution is -2.03. The molecule has 0 unspecified atom stereocenters. The Bertz CT molecular complexity index is 1230. The molecule has 3 aromatic rings. The minimum absolute atomic E-state index is 0.145. The summed E-state index contributed by atoms with van der Waals surface area (Å²) in [5, 5.41) is 1.07. The minimum Gasteiger partial charge on any atom is -0.490 e. The summed E-state index contributed by atoms with van der Waals surface area (Å²) in [6, 6.07) is 15.7. The van der Waals surface area contributed by atoms with Crippen molar-refractivity contribution in [3.63, 3.8) is 0 Å². The number of fused-ring (bicyclic) bond motifs is 1. The van der Waals surface area contributed by atoms with Crippen LogP contribution in [0.15, 0.2) is 60.2 Å². The van der Waals surface area contributed by atoms with Gasteiger partial charge in [0, 0.05) is 26.7 Å². The fourth-order valence-electron chi connectivity index (χ4n) is 3.43. The van der Waals surface area contributed by atoms with Gasteiger partial charge in [0.25, 0.3) is 0 Å². The summed E-state index contributed by atoms with van der Waals surface area (Å²) in [7, 11) is 0. The monoisotopic (exact) mass is 578 g/mol. The van der Waals surface area contributed by atoms with E-state index in [-0.39, 0.29) is 23.7 Å². The zero-order valence-electron chi connectivity index (χ0n) is 17.0. The van der Waals surface area contributed by atoms with Crippen molar-refractivity contribution >= 4 is 63.4 Å². The third-order valence-corrected chi connectivity index (χ3v) is 6.32. The molecule has 0 fully saturated rings. The van der Waals surface area contributed by atoms with E-state index in [0.29, 0.717) is 44.8 Å². The summed E-state index contributed by atoms with van der Waals surface area (Å²) in [5.74, 6) is 0.548. The van der Waals surface area contributed by atoms with E-state index in [0.717, 1.165) is 9.13 Å². The van der Waals surface area contributed by atoms with E-state index >= 15 is 0 Å². The highest BCUT2D eigenvalue weighted by Gasteiger charge is 2.32. The number of hydrogen-bond acceptors (Lipinski definition) is 4. The molecule has 0 bridgehead atoms. The summed E-state index contributed by atoms with van der Waals surface area (Å²) in [4.78, 5) is 25.4. The van der Waals surface area contributed by atoms with Gasteiger partial charge >= 0.3 is 0 Å². The zero-order valence-corrected chi connectivity index (χ0v) is 20.6. The minimum atomic E-state index is -0.267. The van der Waals surface area contributed by atoms with Gasteiger partial charge in [-0.2, -0.15) is 0 Å². The number of rotatable bonds is 6. The highest BCUT2D eigenvalue weighted by atomic mass is 127. The maximum absolute atomic E-state index is 12.7. The van der Waals surface area contributed by atoms with Crippen LogP contribution in [0.25, 0.3) is 6.08 Å². The first-order valence-corrected chi connectivity index (χ1v) is 11.7. The third kappa shape index (κ3) is 4.56. The largest absolute Gasteiger partial charge is 0.490 e. The van der Waals surface area contributed by atoms with Crippen LogP contribution in [0.1, 0.15) is 38.8 Å². The van der Waals surface area contributed by atoms with Gasteiger partial charge in [0.15, 0.2) is 23.1 Å². The lowest BCUT2D eigenvalue weighted by molar-refractivity contribution is 0.0990. The van der Waals surface area contributed by atoms with Crippen molar-refractivity contribution in [2.45, 2.75) is 13.5 Å². The van der Waals surface area contributed by atoms with Gasteiger partial charge in [0.05, 0.1) is 15.8 Å². The molecule has 0 aromatic heterocycles.